The van der Waals surface area contributed by atoms with Gasteiger partial charge in [0.1, 0.15) is 0 Å². The molecule has 0 aliphatic carbocycles. The summed E-state index contributed by atoms with van der Waals surface area (Å²) < 4.78 is 1.66. The summed E-state index contributed by atoms with van der Waals surface area (Å²) in [6.45, 7) is 3.62. The lowest BCUT2D eigenvalue weighted by atomic mass is 10.1. The summed E-state index contributed by atoms with van der Waals surface area (Å²) in [5.74, 6) is -0.141. The number of aromatic nitrogens is 2. The number of aliphatic hydroxyl groups is 1. The van der Waals surface area contributed by atoms with Crippen molar-refractivity contribution in [3.8, 4) is 5.69 Å². The molecule has 0 aliphatic rings. The summed E-state index contributed by atoms with van der Waals surface area (Å²) in [6, 6.07) is 9.10. The van der Waals surface area contributed by atoms with Crippen molar-refractivity contribution in [2.75, 3.05) is 13.6 Å². The SMILES string of the molecule is CN(CC(C)(C)O)C(=O)c1ccccc1-n1cccn1. The molecule has 0 spiro atoms. The average Bonchev–Trinajstić information content (AvgIpc) is 2.89. The quantitative estimate of drug-likeness (QED) is 0.922. The first-order chi connectivity index (χ1) is 9.38. The number of carbonyl (C=O) groups is 1. The normalized spacial score (nSPS) is 11.4. The Hall–Kier alpha value is -2.14. The van der Waals surface area contributed by atoms with E-state index in [4.69, 9.17) is 0 Å². The molecule has 0 aliphatic heterocycles. The summed E-state index contributed by atoms with van der Waals surface area (Å²) >= 11 is 0. The molecule has 1 heterocycles. The summed E-state index contributed by atoms with van der Waals surface area (Å²) in [4.78, 5) is 14.0. The van der Waals surface area contributed by atoms with Crippen LogP contribution in [0.3, 0.4) is 0 Å². The van der Waals surface area contributed by atoms with Crippen molar-refractivity contribution in [3.63, 3.8) is 0 Å². The van der Waals surface area contributed by atoms with Gasteiger partial charge in [-0.2, -0.15) is 5.10 Å². The first-order valence-corrected chi connectivity index (χ1v) is 6.45. The van der Waals surface area contributed by atoms with Gasteiger partial charge in [0, 0.05) is 26.0 Å². The van der Waals surface area contributed by atoms with E-state index in [0.29, 0.717) is 5.56 Å². The van der Waals surface area contributed by atoms with Gasteiger partial charge in [-0.25, -0.2) is 4.68 Å². The van der Waals surface area contributed by atoms with E-state index in [-0.39, 0.29) is 12.5 Å². The smallest absolute Gasteiger partial charge is 0.255 e. The minimum atomic E-state index is -0.926. The molecule has 2 aromatic rings. The maximum Gasteiger partial charge on any atom is 0.255 e. The minimum Gasteiger partial charge on any atom is -0.389 e. The first-order valence-electron chi connectivity index (χ1n) is 6.45. The number of benzene rings is 1. The van der Waals surface area contributed by atoms with Crippen LogP contribution in [-0.4, -0.2) is 44.9 Å². The van der Waals surface area contributed by atoms with E-state index in [1.165, 1.54) is 4.90 Å². The van der Waals surface area contributed by atoms with Crippen molar-refractivity contribution in [3.05, 3.63) is 48.3 Å². The van der Waals surface area contributed by atoms with Crippen LogP contribution < -0.4 is 0 Å². The second kappa shape index (κ2) is 5.46. The number of nitrogens with zero attached hydrogens (tertiary/aromatic N) is 3. The Morgan fingerprint density at radius 1 is 1.35 bits per heavy atom. The fourth-order valence-corrected chi connectivity index (χ4v) is 2.12. The highest BCUT2D eigenvalue weighted by Crippen LogP contribution is 2.16. The van der Waals surface area contributed by atoms with Crippen molar-refractivity contribution in [1.82, 2.24) is 14.7 Å². The highest BCUT2D eigenvalue weighted by atomic mass is 16.3. The van der Waals surface area contributed by atoms with E-state index in [2.05, 4.69) is 5.10 Å². The zero-order chi connectivity index (χ0) is 14.8. The van der Waals surface area contributed by atoms with E-state index in [9.17, 15) is 9.90 Å². The van der Waals surface area contributed by atoms with E-state index in [1.54, 1.807) is 44.0 Å². The fourth-order valence-electron chi connectivity index (χ4n) is 2.12. The van der Waals surface area contributed by atoms with Crippen LogP contribution in [0.15, 0.2) is 42.7 Å². The largest absolute Gasteiger partial charge is 0.389 e. The van der Waals surface area contributed by atoms with Gasteiger partial charge in [-0.1, -0.05) is 12.1 Å². The number of carbonyl (C=O) groups excluding carboxylic acids is 1. The maximum atomic E-state index is 12.5. The van der Waals surface area contributed by atoms with Crippen LogP contribution in [0.2, 0.25) is 0 Å². The Morgan fingerprint density at radius 2 is 2.05 bits per heavy atom. The summed E-state index contributed by atoms with van der Waals surface area (Å²) in [5, 5.41) is 14.0. The molecule has 0 atom stereocenters. The molecule has 0 unspecified atom stereocenters. The summed E-state index contributed by atoms with van der Waals surface area (Å²) in [5.41, 5.74) is 0.360. The molecule has 0 saturated carbocycles. The molecular weight excluding hydrogens is 254 g/mol. The second-order valence-corrected chi connectivity index (χ2v) is 5.44. The van der Waals surface area contributed by atoms with Crippen LogP contribution in [0.25, 0.3) is 5.69 Å². The fraction of sp³-hybridized carbons (Fsp3) is 0.333. The van der Waals surface area contributed by atoms with Crippen LogP contribution in [0.4, 0.5) is 0 Å². The maximum absolute atomic E-state index is 12.5. The molecule has 1 N–H and O–H groups in total. The molecule has 20 heavy (non-hydrogen) atoms. The van der Waals surface area contributed by atoms with E-state index in [0.717, 1.165) is 5.69 Å². The molecule has 1 aromatic carbocycles. The number of amides is 1. The van der Waals surface area contributed by atoms with Gasteiger partial charge in [0.2, 0.25) is 0 Å². The number of para-hydroxylation sites is 1. The molecule has 1 amide bonds. The highest BCUT2D eigenvalue weighted by Gasteiger charge is 2.22. The Kier molecular flexibility index (Phi) is 3.90. The molecule has 0 radical (unpaired) electrons. The third-order valence-electron chi connectivity index (χ3n) is 2.86. The zero-order valence-corrected chi connectivity index (χ0v) is 11.9. The standard InChI is InChI=1S/C15H19N3O2/c1-15(2,20)11-17(3)14(19)12-7-4-5-8-13(12)18-10-6-9-16-18/h4-10,20H,11H2,1-3H3. The molecule has 106 valence electrons. The van der Waals surface area contributed by atoms with Gasteiger partial charge in [0.15, 0.2) is 0 Å². The molecular formula is C15H19N3O2. The Morgan fingerprint density at radius 3 is 2.65 bits per heavy atom. The van der Waals surface area contributed by atoms with Crippen molar-refractivity contribution in [1.29, 1.82) is 0 Å². The highest BCUT2D eigenvalue weighted by molar-refractivity contribution is 5.97. The topological polar surface area (TPSA) is 58.4 Å². The molecule has 0 bridgehead atoms. The van der Waals surface area contributed by atoms with Crippen LogP contribution in [-0.2, 0) is 0 Å². The van der Waals surface area contributed by atoms with Crippen molar-refractivity contribution >= 4 is 5.91 Å². The van der Waals surface area contributed by atoms with Gasteiger partial charge in [0.05, 0.1) is 16.9 Å². The molecule has 0 saturated heterocycles. The third kappa shape index (κ3) is 3.24. The van der Waals surface area contributed by atoms with E-state index >= 15 is 0 Å². The third-order valence-corrected chi connectivity index (χ3v) is 2.86. The van der Waals surface area contributed by atoms with Gasteiger partial charge >= 0.3 is 0 Å². The Bertz CT molecular complexity index is 585. The molecule has 5 nitrogen and oxygen atoms in total. The van der Waals surface area contributed by atoms with Crippen LogP contribution in [0.5, 0.6) is 0 Å². The molecule has 5 heteroatoms. The summed E-state index contributed by atoms with van der Waals surface area (Å²) in [6.07, 6.45) is 3.46. The molecule has 0 fully saturated rings. The van der Waals surface area contributed by atoms with Crippen molar-refractivity contribution in [2.24, 2.45) is 0 Å². The number of hydrogen-bond acceptors (Lipinski definition) is 3. The van der Waals surface area contributed by atoms with Crippen molar-refractivity contribution < 1.29 is 9.90 Å². The monoisotopic (exact) mass is 273 g/mol. The lowest BCUT2D eigenvalue weighted by Crippen LogP contribution is -2.40. The van der Waals surface area contributed by atoms with Gasteiger partial charge < -0.3 is 10.0 Å². The molecule has 2 rings (SSSR count). The second-order valence-electron chi connectivity index (χ2n) is 5.44. The minimum absolute atomic E-state index is 0.141. The number of rotatable bonds is 4. The van der Waals surface area contributed by atoms with Gasteiger partial charge in [0.25, 0.3) is 5.91 Å². The van der Waals surface area contributed by atoms with Crippen molar-refractivity contribution in [2.45, 2.75) is 19.4 Å². The van der Waals surface area contributed by atoms with Gasteiger partial charge in [-0.3, -0.25) is 4.79 Å². The Labute approximate surface area is 118 Å². The van der Waals surface area contributed by atoms with Gasteiger partial charge in [-0.05, 0) is 32.0 Å². The van der Waals surface area contributed by atoms with Gasteiger partial charge in [-0.15, -0.1) is 0 Å². The predicted octanol–water partition coefficient (Wildman–Crippen LogP) is 1.72. The van der Waals surface area contributed by atoms with Crippen LogP contribution in [0.1, 0.15) is 24.2 Å². The molecule has 1 aromatic heterocycles. The predicted molar refractivity (Wildman–Crippen MR) is 76.8 cm³/mol. The summed E-state index contributed by atoms with van der Waals surface area (Å²) in [7, 11) is 1.68. The van der Waals surface area contributed by atoms with E-state index < -0.39 is 5.60 Å². The van der Waals surface area contributed by atoms with E-state index in [1.807, 2.05) is 24.3 Å². The first kappa shape index (κ1) is 14.3. The zero-order valence-electron chi connectivity index (χ0n) is 11.9. The van der Waals surface area contributed by atoms with Crippen LogP contribution in [0, 0.1) is 0 Å². The lowest BCUT2D eigenvalue weighted by Gasteiger charge is -2.26. The number of hydrogen-bond donors (Lipinski definition) is 1. The van der Waals surface area contributed by atoms with Crippen LogP contribution >= 0.6 is 0 Å². The number of likely N-dealkylation sites (N-methyl/N-ethyl adjacent to an activating group) is 1. The lowest BCUT2D eigenvalue weighted by molar-refractivity contribution is 0.0368. The Balaban J connectivity index is 2.31. The average molecular weight is 273 g/mol.